The van der Waals surface area contributed by atoms with E-state index in [4.69, 9.17) is 9.47 Å². The summed E-state index contributed by atoms with van der Waals surface area (Å²) in [5.74, 6) is 0.733. The Bertz CT molecular complexity index is 1040. The van der Waals surface area contributed by atoms with Crippen LogP contribution in [0.15, 0.2) is 59.4 Å². The van der Waals surface area contributed by atoms with Crippen LogP contribution in [-0.2, 0) is 11.8 Å². The van der Waals surface area contributed by atoms with E-state index >= 15 is 0 Å². The third-order valence-electron chi connectivity index (χ3n) is 4.53. The van der Waals surface area contributed by atoms with Crippen molar-refractivity contribution >= 4 is 11.6 Å². The minimum atomic E-state index is -0.795. The van der Waals surface area contributed by atoms with Crippen LogP contribution < -0.4 is 20.3 Å². The Morgan fingerprint density at radius 2 is 1.75 bits per heavy atom. The summed E-state index contributed by atoms with van der Waals surface area (Å²) in [5.41, 5.74) is 1.31. The van der Waals surface area contributed by atoms with Gasteiger partial charge in [-0.25, -0.2) is 4.68 Å². The SMILES string of the molecule is COc1cccc(O[C@@H](C)C(=O)Nc2c(C)n(C)n(-c3ccccc3)c2=O)c1. The van der Waals surface area contributed by atoms with E-state index in [2.05, 4.69) is 5.32 Å². The van der Waals surface area contributed by atoms with Gasteiger partial charge in [-0.05, 0) is 38.1 Å². The van der Waals surface area contributed by atoms with Gasteiger partial charge in [0, 0.05) is 13.1 Å². The van der Waals surface area contributed by atoms with Crippen molar-refractivity contribution in [1.29, 1.82) is 0 Å². The molecule has 1 N–H and O–H groups in total. The zero-order valence-electron chi connectivity index (χ0n) is 16.3. The molecular formula is C21H23N3O4. The number of nitrogens with one attached hydrogen (secondary N) is 1. The van der Waals surface area contributed by atoms with Crippen LogP contribution in [0.1, 0.15) is 12.6 Å². The van der Waals surface area contributed by atoms with Gasteiger partial charge in [-0.15, -0.1) is 0 Å². The molecule has 3 rings (SSSR count). The van der Waals surface area contributed by atoms with Crippen molar-refractivity contribution in [2.24, 2.45) is 7.05 Å². The molecular weight excluding hydrogens is 358 g/mol. The predicted molar refractivity (Wildman–Crippen MR) is 107 cm³/mol. The molecule has 2 aromatic carbocycles. The quantitative estimate of drug-likeness (QED) is 0.712. The highest BCUT2D eigenvalue weighted by molar-refractivity contribution is 5.94. The first-order valence-electron chi connectivity index (χ1n) is 8.88. The maximum absolute atomic E-state index is 12.9. The summed E-state index contributed by atoms with van der Waals surface area (Å²) in [6, 6.07) is 16.3. The van der Waals surface area contributed by atoms with Crippen LogP contribution in [0, 0.1) is 6.92 Å². The molecule has 1 atom stereocenters. The first kappa shape index (κ1) is 19.3. The number of ether oxygens (including phenoxy) is 2. The van der Waals surface area contributed by atoms with Gasteiger partial charge < -0.3 is 14.8 Å². The second-order valence-electron chi connectivity index (χ2n) is 6.36. The number of hydrogen-bond acceptors (Lipinski definition) is 4. The van der Waals surface area contributed by atoms with Gasteiger partial charge in [-0.2, -0.15) is 0 Å². The van der Waals surface area contributed by atoms with E-state index in [0.717, 1.165) is 5.69 Å². The number of methoxy groups -OCH3 is 1. The Morgan fingerprint density at radius 3 is 2.43 bits per heavy atom. The summed E-state index contributed by atoms with van der Waals surface area (Å²) in [6.07, 6.45) is -0.795. The summed E-state index contributed by atoms with van der Waals surface area (Å²) >= 11 is 0. The molecule has 0 fully saturated rings. The highest BCUT2D eigenvalue weighted by atomic mass is 16.5. The van der Waals surface area contributed by atoms with Gasteiger partial charge in [-0.1, -0.05) is 24.3 Å². The van der Waals surface area contributed by atoms with Gasteiger partial charge >= 0.3 is 0 Å². The third kappa shape index (κ3) is 3.78. The molecule has 3 aromatic rings. The van der Waals surface area contributed by atoms with Crippen molar-refractivity contribution < 1.29 is 14.3 Å². The minimum absolute atomic E-state index is 0.234. The molecule has 0 saturated carbocycles. The van der Waals surface area contributed by atoms with Crippen LogP contribution in [0.25, 0.3) is 5.69 Å². The monoisotopic (exact) mass is 381 g/mol. The van der Waals surface area contributed by atoms with E-state index < -0.39 is 12.0 Å². The fraction of sp³-hybridized carbons (Fsp3) is 0.238. The van der Waals surface area contributed by atoms with E-state index in [1.54, 1.807) is 57.0 Å². The summed E-state index contributed by atoms with van der Waals surface area (Å²) in [5, 5.41) is 2.71. The molecule has 0 spiro atoms. The lowest BCUT2D eigenvalue weighted by atomic mass is 10.3. The van der Waals surface area contributed by atoms with Crippen LogP contribution in [0.2, 0.25) is 0 Å². The molecule has 0 bridgehead atoms. The normalized spacial score (nSPS) is 11.7. The van der Waals surface area contributed by atoms with Crippen LogP contribution in [-0.4, -0.2) is 28.5 Å². The average molecular weight is 381 g/mol. The maximum Gasteiger partial charge on any atom is 0.295 e. The number of amides is 1. The molecule has 28 heavy (non-hydrogen) atoms. The fourth-order valence-electron chi connectivity index (χ4n) is 2.87. The molecule has 0 radical (unpaired) electrons. The van der Waals surface area contributed by atoms with Crippen LogP contribution in [0.5, 0.6) is 11.5 Å². The van der Waals surface area contributed by atoms with Crippen molar-refractivity contribution in [1.82, 2.24) is 9.36 Å². The van der Waals surface area contributed by atoms with E-state index in [0.29, 0.717) is 17.2 Å². The second kappa shape index (κ2) is 8.04. The van der Waals surface area contributed by atoms with Gasteiger partial charge in [0.2, 0.25) is 0 Å². The van der Waals surface area contributed by atoms with Crippen LogP contribution >= 0.6 is 0 Å². The smallest absolute Gasteiger partial charge is 0.295 e. The lowest BCUT2D eigenvalue weighted by Gasteiger charge is -2.14. The van der Waals surface area contributed by atoms with Gasteiger partial charge in [0.1, 0.15) is 17.2 Å². The van der Waals surface area contributed by atoms with Gasteiger partial charge in [0.05, 0.1) is 18.5 Å². The summed E-state index contributed by atoms with van der Waals surface area (Å²) in [7, 11) is 3.33. The number of benzene rings is 2. The lowest BCUT2D eigenvalue weighted by molar-refractivity contribution is -0.122. The molecule has 7 heteroatoms. The average Bonchev–Trinajstić information content (AvgIpc) is 2.92. The Morgan fingerprint density at radius 1 is 1.07 bits per heavy atom. The summed E-state index contributed by atoms with van der Waals surface area (Å²) < 4.78 is 14.1. The Kier molecular flexibility index (Phi) is 5.54. The van der Waals surface area contributed by atoms with Crippen molar-refractivity contribution in [2.75, 3.05) is 12.4 Å². The number of rotatable bonds is 6. The molecule has 0 aliphatic heterocycles. The predicted octanol–water partition coefficient (Wildman–Crippen LogP) is 2.90. The Labute approximate surface area is 163 Å². The second-order valence-corrected chi connectivity index (χ2v) is 6.36. The number of carbonyl (C=O) groups excluding carboxylic acids is 1. The Balaban J connectivity index is 1.81. The molecule has 1 heterocycles. The van der Waals surface area contributed by atoms with E-state index in [-0.39, 0.29) is 11.2 Å². The molecule has 0 aliphatic rings. The number of carbonyl (C=O) groups is 1. The zero-order valence-corrected chi connectivity index (χ0v) is 16.3. The highest BCUT2D eigenvalue weighted by Gasteiger charge is 2.22. The number of hydrogen-bond donors (Lipinski definition) is 1. The number of para-hydroxylation sites is 1. The number of nitrogens with zero attached hydrogens (tertiary/aromatic N) is 2. The van der Waals surface area contributed by atoms with Gasteiger partial charge in [-0.3, -0.25) is 14.3 Å². The van der Waals surface area contributed by atoms with Crippen molar-refractivity contribution in [3.63, 3.8) is 0 Å². The van der Waals surface area contributed by atoms with Crippen molar-refractivity contribution in [2.45, 2.75) is 20.0 Å². The zero-order chi connectivity index (χ0) is 20.3. The lowest BCUT2D eigenvalue weighted by Crippen LogP contribution is -2.32. The van der Waals surface area contributed by atoms with Gasteiger partial charge in [0.15, 0.2) is 6.10 Å². The Hall–Kier alpha value is -3.48. The van der Waals surface area contributed by atoms with Gasteiger partial charge in [0.25, 0.3) is 11.5 Å². The molecule has 146 valence electrons. The number of aromatic nitrogens is 2. The molecule has 0 unspecified atom stereocenters. The highest BCUT2D eigenvalue weighted by Crippen LogP contribution is 2.20. The van der Waals surface area contributed by atoms with E-state index in [1.165, 1.54) is 4.68 Å². The maximum atomic E-state index is 12.9. The summed E-state index contributed by atoms with van der Waals surface area (Å²) in [4.78, 5) is 25.5. The van der Waals surface area contributed by atoms with Crippen LogP contribution in [0.3, 0.4) is 0 Å². The topological polar surface area (TPSA) is 74.5 Å². The van der Waals surface area contributed by atoms with Crippen LogP contribution in [0.4, 0.5) is 5.69 Å². The first-order valence-corrected chi connectivity index (χ1v) is 8.88. The third-order valence-corrected chi connectivity index (χ3v) is 4.53. The van der Waals surface area contributed by atoms with E-state index in [9.17, 15) is 9.59 Å². The standard InChI is InChI=1S/C21H23N3O4/c1-14-19(21(26)24(23(14)3)16-9-6-5-7-10-16)22-20(25)15(2)28-18-12-8-11-17(13-18)27-4/h5-13,15H,1-4H3,(H,22,25)/t15-/m0/s1. The fourth-order valence-corrected chi connectivity index (χ4v) is 2.87. The number of anilines is 1. The molecule has 7 nitrogen and oxygen atoms in total. The molecule has 1 aromatic heterocycles. The molecule has 0 aliphatic carbocycles. The minimum Gasteiger partial charge on any atom is -0.497 e. The molecule has 1 amide bonds. The van der Waals surface area contributed by atoms with Crippen molar-refractivity contribution in [3.05, 3.63) is 70.6 Å². The van der Waals surface area contributed by atoms with E-state index in [1.807, 2.05) is 30.3 Å². The first-order chi connectivity index (χ1) is 13.4. The summed E-state index contributed by atoms with van der Waals surface area (Å²) in [6.45, 7) is 3.41. The molecule has 0 saturated heterocycles. The largest absolute Gasteiger partial charge is 0.497 e. The van der Waals surface area contributed by atoms with Crippen molar-refractivity contribution in [3.8, 4) is 17.2 Å².